The molecule has 1 aliphatic heterocycles. The number of hydrogen-bond acceptors (Lipinski definition) is 7. The second-order valence-electron chi connectivity index (χ2n) is 10.2. The van der Waals surface area contributed by atoms with Crippen LogP contribution in [-0.2, 0) is 11.1 Å². The molecule has 3 aromatic rings. The number of ether oxygens (including phenoxy) is 2. The number of hydrogen-bond donors (Lipinski definition) is 4. The van der Waals surface area contributed by atoms with Gasteiger partial charge in [-0.25, -0.2) is 9.37 Å². The van der Waals surface area contributed by atoms with E-state index in [0.717, 1.165) is 12.1 Å². The number of rotatable bonds is 10. The first kappa shape index (κ1) is 30.2. The fourth-order valence-electron chi connectivity index (χ4n) is 4.36. The number of carbonyl (C=O) groups is 1. The number of halogens is 4. The first-order chi connectivity index (χ1) is 19.3. The number of amides is 1. The Morgan fingerprint density at radius 3 is 2.39 bits per heavy atom. The van der Waals surface area contributed by atoms with E-state index in [0.29, 0.717) is 24.1 Å². The van der Waals surface area contributed by atoms with Crippen LogP contribution in [0, 0.1) is 5.82 Å². The second kappa shape index (κ2) is 11.6. The largest absolute Gasteiger partial charge is 0.493 e. The molecule has 4 rings (SSSR count). The van der Waals surface area contributed by atoms with E-state index in [2.05, 4.69) is 15.6 Å². The lowest BCUT2D eigenvalue weighted by Crippen LogP contribution is -2.53. The van der Waals surface area contributed by atoms with Crippen molar-refractivity contribution in [3.63, 3.8) is 0 Å². The van der Waals surface area contributed by atoms with E-state index >= 15 is 0 Å². The molecule has 1 amide bonds. The van der Waals surface area contributed by atoms with Gasteiger partial charge in [-0.3, -0.25) is 4.79 Å². The van der Waals surface area contributed by atoms with Gasteiger partial charge in [0, 0.05) is 16.7 Å². The van der Waals surface area contributed by atoms with Gasteiger partial charge < -0.3 is 30.3 Å². The zero-order chi connectivity index (χ0) is 30.0. The lowest BCUT2D eigenvalue weighted by molar-refractivity contribution is -0.265. The van der Waals surface area contributed by atoms with Crippen LogP contribution < -0.4 is 20.1 Å². The lowest BCUT2D eigenvalue weighted by atomic mass is 9.81. The summed E-state index contributed by atoms with van der Waals surface area (Å²) in [6.07, 6.45) is -5.35. The van der Waals surface area contributed by atoms with Gasteiger partial charge in [-0.2, -0.15) is 13.2 Å². The molecule has 41 heavy (non-hydrogen) atoms. The molecule has 0 unspecified atom stereocenters. The molecule has 0 aliphatic carbocycles. The molecule has 0 radical (unpaired) electrons. The van der Waals surface area contributed by atoms with Crippen molar-refractivity contribution in [1.29, 1.82) is 0 Å². The summed E-state index contributed by atoms with van der Waals surface area (Å²) in [6.45, 7) is 2.72. The number of methoxy groups -OCH3 is 1. The first-order valence-corrected chi connectivity index (χ1v) is 12.9. The Morgan fingerprint density at radius 2 is 1.83 bits per heavy atom. The number of aliphatic hydroxyl groups is 2. The van der Waals surface area contributed by atoms with Crippen LogP contribution >= 0.6 is 0 Å². The molecule has 1 saturated heterocycles. The minimum Gasteiger partial charge on any atom is -0.493 e. The van der Waals surface area contributed by atoms with Gasteiger partial charge in [-0.05, 0) is 87.0 Å². The second-order valence-corrected chi connectivity index (χ2v) is 10.2. The summed E-state index contributed by atoms with van der Waals surface area (Å²) in [5, 5.41) is 25.9. The summed E-state index contributed by atoms with van der Waals surface area (Å²) >= 11 is 0. The van der Waals surface area contributed by atoms with Crippen LogP contribution in [0.3, 0.4) is 0 Å². The van der Waals surface area contributed by atoms with Crippen molar-refractivity contribution < 1.29 is 42.0 Å². The van der Waals surface area contributed by atoms with Gasteiger partial charge in [-0.15, -0.1) is 0 Å². The molecule has 3 atom stereocenters. The number of benzene rings is 2. The Morgan fingerprint density at radius 1 is 1.15 bits per heavy atom. The van der Waals surface area contributed by atoms with E-state index < -0.39 is 47.4 Å². The van der Waals surface area contributed by atoms with Crippen molar-refractivity contribution in [2.75, 3.05) is 26.8 Å². The van der Waals surface area contributed by atoms with E-state index in [1.165, 1.54) is 50.4 Å². The highest BCUT2D eigenvalue weighted by molar-refractivity contribution is 5.95. The van der Waals surface area contributed by atoms with E-state index in [1.54, 1.807) is 6.07 Å². The maximum Gasteiger partial charge on any atom is 0.424 e. The number of aromatic nitrogens is 1. The first-order valence-electron chi connectivity index (χ1n) is 12.9. The molecule has 1 fully saturated rings. The van der Waals surface area contributed by atoms with E-state index in [4.69, 9.17) is 9.47 Å². The fraction of sp³-hybridized carbons (Fsp3) is 0.379. The molecule has 12 heteroatoms. The number of nitrogens with zero attached hydrogens (tertiary/aromatic N) is 1. The summed E-state index contributed by atoms with van der Waals surface area (Å²) in [4.78, 5) is 17.0. The molecule has 220 valence electrons. The van der Waals surface area contributed by atoms with Crippen molar-refractivity contribution >= 4 is 5.91 Å². The van der Waals surface area contributed by atoms with Crippen molar-refractivity contribution in [2.24, 2.45) is 0 Å². The number of alkyl halides is 3. The highest BCUT2D eigenvalue weighted by Gasteiger charge is 2.57. The van der Waals surface area contributed by atoms with E-state index in [9.17, 15) is 32.6 Å². The molecule has 1 aliphatic rings. The minimum atomic E-state index is -5.23. The van der Waals surface area contributed by atoms with Gasteiger partial charge in [0.25, 0.3) is 5.91 Å². The van der Waals surface area contributed by atoms with Crippen LogP contribution in [-0.4, -0.2) is 60.2 Å². The molecular weight excluding hydrogens is 546 g/mol. The predicted octanol–water partition coefficient (Wildman–Crippen LogP) is 4.04. The summed E-state index contributed by atoms with van der Waals surface area (Å²) in [7, 11) is 1.32. The maximum atomic E-state index is 14.5. The van der Waals surface area contributed by atoms with Crippen LogP contribution in [0.2, 0.25) is 0 Å². The van der Waals surface area contributed by atoms with Gasteiger partial charge in [0.1, 0.15) is 12.4 Å². The zero-order valence-electron chi connectivity index (χ0n) is 22.7. The summed E-state index contributed by atoms with van der Waals surface area (Å²) in [6, 6.07) is 11.9. The Labute approximate surface area is 234 Å². The Kier molecular flexibility index (Phi) is 8.57. The standard InChI is InChI=1S/C29H31F4N3O5/c1-17(37)15-41-23-9-6-19(12-24(23)40-3)26(38)34-16-28(39,29(31,32)33)25-14-20(27(2)10-11-35-27)13-22(36-25)18-4-7-21(30)8-5-18/h4-9,12-14,17,35,37,39H,10-11,15-16H2,1-3H3,(H,34,38)/t17-,27+,28-/m1/s1. The van der Waals surface area contributed by atoms with Crippen LogP contribution in [0.1, 0.15) is 41.9 Å². The molecule has 0 spiro atoms. The molecule has 1 aromatic heterocycles. The Balaban J connectivity index is 1.67. The Bertz CT molecular complexity index is 1390. The highest BCUT2D eigenvalue weighted by Crippen LogP contribution is 2.41. The predicted molar refractivity (Wildman–Crippen MR) is 142 cm³/mol. The third kappa shape index (κ3) is 6.45. The fourth-order valence-corrected chi connectivity index (χ4v) is 4.36. The number of carbonyl (C=O) groups excluding carboxylic acids is 1. The Hall–Kier alpha value is -3.74. The normalized spacial score (nSPS) is 19.0. The van der Waals surface area contributed by atoms with Gasteiger partial charge in [0.2, 0.25) is 5.60 Å². The summed E-state index contributed by atoms with van der Waals surface area (Å²) < 4.78 is 67.7. The molecular formula is C29H31F4N3O5. The quantitative estimate of drug-likeness (QED) is 0.269. The molecule has 0 bridgehead atoms. The van der Waals surface area contributed by atoms with E-state index in [-0.39, 0.29) is 29.4 Å². The SMILES string of the molecule is COc1cc(C(=O)NC[C@@](O)(c2cc([C@]3(C)CCN3)cc(-c3ccc(F)cc3)n2)C(F)(F)F)ccc1OC[C@@H](C)O. The van der Waals surface area contributed by atoms with Crippen molar-refractivity contribution in [1.82, 2.24) is 15.6 Å². The third-order valence-corrected chi connectivity index (χ3v) is 7.05. The van der Waals surface area contributed by atoms with Crippen LogP contribution in [0.25, 0.3) is 11.3 Å². The van der Waals surface area contributed by atoms with E-state index in [1.807, 2.05) is 6.92 Å². The molecule has 8 nitrogen and oxygen atoms in total. The molecule has 0 saturated carbocycles. The topological polar surface area (TPSA) is 113 Å². The number of aliphatic hydroxyl groups excluding tert-OH is 1. The average Bonchev–Trinajstić information content (AvgIpc) is 2.92. The van der Waals surface area contributed by atoms with Crippen LogP contribution in [0.4, 0.5) is 17.6 Å². The monoisotopic (exact) mass is 577 g/mol. The molecule has 2 aromatic carbocycles. The van der Waals surface area contributed by atoms with Crippen LogP contribution in [0.5, 0.6) is 11.5 Å². The lowest BCUT2D eigenvalue weighted by Gasteiger charge is -2.41. The summed E-state index contributed by atoms with van der Waals surface area (Å²) in [5.41, 5.74) is -4.05. The summed E-state index contributed by atoms with van der Waals surface area (Å²) in [5.74, 6) is -1.07. The van der Waals surface area contributed by atoms with Crippen molar-refractivity contribution in [3.05, 3.63) is 77.2 Å². The smallest absolute Gasteiger partial charge is 0.424 e. The minimum absolute atomic E-state index is 0.0406. The van der Waals surface area contributed by atoms with Gasteiger partial charge in [-0.1, -0.05) is 0 Å². The van der Waals surface area contributed by atoms with Crippen molar-refractivity contribution in [2.45, 2.75) is 43.7 Å². The van der Waals surface area contributed by atoms with Gasteiger partial charge in [0.05, 0.1) is 31.1 Å². The number of pyridine rings is 1. The molecule has 4 N–H and O–H groups in total. The number of nitrogens with one attached hydrogen (secondary N) is 2. The maximum absolute atomic E-state index is 14.5. The van der Waals surface area contributed by atoms with Crippen LogP contribution in [0.15, 0.2) is 54.6 Å². The average molecular weight is 578 g/mol. The third-order valence-electron chi connectivity index (χ3n) is 7.05. The van der Waals surface area contributed by atoms with Crippen molar-refractivity contribution in [3.8, 4) is 22.8 Å². The van der Waals surface area contributed by atoms with Gasteiger partial charge >= 0.3 is 6.18 Å². The highest BCUT2D eigenvalue weighted by atomic mass is 19.4. The molecule has 2 heterocycles. The zero-order valence-corrected chi connectivity index (χ0v) is 22.7. The van der Waals surface area contributed by atoms with Gasteiger partial charge in [0.15, 0.2) is 11.5 Å².